The lowest BCUT2D eigenvalue weighted by atomic mass is 10.5. The summed E-state index contributed by atoms with van der Waals surface area (Å²) in [5.41, 5.74) is 0. The molecule has 0 saturated heterocycles. The van der Waals surface area contributed by atoms with Crippen molar-refractivity contribution < 1.29 is 4.74 Å². The van der Waals surface area contributed by atoms with Crippen LogP contribution in [-0.2, 0) is 7.05 Å². The van der Waals surface area contributed by atoms with E-state index >= 15 is 0 Å². The second kappa shape index (κ2) is 3.09. The Morgan fingerprint density at radius 3 is 3.00 bits per heavy atom. The molecule has 0 bridgehead atoms. The first-order valence-corrected chi connectivity index (χ1v) is 4.87. The SMILES string of the molecule is Cn1cc(Br)c(OCC2CC2)n1. The minimum Gasteiger partial charge on any atom is -0.476 e. The fourth-order valence-corrected chi connectivity index (χ4v) is 1.51. The average molecular weight is 231 g/mol. The third-order valence-electron chi connectivity index (χ3n) is 1.91. The van der Waals surface area contributed by atoms with Crippen LogP contribution in [0.1, 0.15) is 12.8 Å². The number of halogens is 1. The van der Waals surface area contributed by atoms with Crippen molar-refractivity contribution in [2.24, 2.45) is 13.0 Å². The van der Waals surface area contributed by atoms with Crippen molar-refractivity contribution >= 4 is 15.9 Å². The molecule has 0 atom stereocenters. The van der Waals surface area contributed by atoms with Gasteiger partial charge in [0.05, 0.1) is 11.1 Å². The second-order valence-corrected chi connectivity index (χ2v) is 4.06. The summed E-state index contributed by atoms with van der Waals surface area (Å²) in [5, 5.41) is 4.16. The lowest BCUT2D eigenvalue weighted by Crippen LogP contribution is -2.00. The maximum Gasteiger partial charge on any atom is 0.247 e. The van der Waals surface area contributed by atoms with Crippen LogP contribution in [0.4, 0.5) is 0 Å². The van der Waals surface area contributed by atoms with Crippen LogP contribution in [-0.4, -0.2) is 16.4 Å². The summed E-state index contributed by atoms with van der Waals surface area (Å²) in [6.07, 6.45) is 4.51. The maximum absolute atomic E-state index is 5.50. The number of hydrogen-bond donors (Lipinski definition) is 0. The number of nitrogens with zero attached hydrogens (tertiary/aromatic N) is 2. The molecule has 1 aromatic rings. The van der Waals surface area contributed by atoms with E-state index in [0.29, 0.717) is 5.88 Å². The van der Waals surface area contributed by atoms with Gasteiger partial charge in [-0.3, -0.25) is 4.68 Å². The summed E-state index contributed by atoms with van der Waals surface area (Å²) >= 11 is 3.38. The fraction of sp³-hybridized carbons (Fsp3) is 0.625. The predicted octanol–water partition coefficient (Wildman–Crippen LogP) is 1.97. The van der Waals surface area contributed by atoms with Crippen molar-refractivity contribution in [1.82, 2.24) is 9.78 Å². The van der Waals surface area contributed by atoms with E-state index in [1.54, 1.807) is 4.68 Å². The molecule has 1 aromatic heterocycles. The molecule has 1 saturated carbocycles. The minimum atomic E-state index is 0.712. The van der Waals surface area contributed by atoms with Crippen molar-refractivity contribution in [3.8, 4) is 5.88 Å². The van der Waals surface area contributed by atoms with Gasteiger partial charge in [-0.15, -0.1) is 5.10 Å². The molecule has 0 amide bonds. The van der Waals surface area contributed by atoms with Crippen molar-refractivity contribution in [2.45, 2.75) is 12.8 Å². The molecule has 4 heteroatoms. The maximum atomic E-state index is 5.50. The monoisotopic (exact) mass is 230 g/mol. The zero-order chi connectivity index (χ0) is 8.55. The largest absolute Gasteiger partial charge is 0.476 e. The van der Waals surface area contributed by atoms with Crippen LogP contribution >= 0.6 is 15.9 Å². The Morgan fingerprint density at radius 2 is 2.50 bits per heavy atom. The minimum absolute atomic E-state index is 0.712. The summed E-state index contributed by atoms with van der Waals surface area (Å²) < 4.78 is 8.18. The van der Waals surface area contributed by atoms with Gasteiger partial charge in [-0.1, -0.05) is 0 Å². The van der Waals surface area contributed by atoms with E-state index in [1.807, 2.05) is 13.2 Å². The van der Waals surface area contributed by atoms with Crippen molar-refractivity contribution in [3.63, 3.8) is 0 Å². The van der Waals surface area contributed by atoms with E-state index in [1.165, 1.54) is 12.8 Å². The molecular formula is C8H11BrN2O. The lowest BCUT2D eigenvalue weighted by Gasteiger charge is -1.99. The highest BCUT2D eigenvalue weighted by Gasteiger charge is 2.22. The third-order valence-corrected chi connectivity index (χ3v) is 2.45. The number of hydrogen-bond acceptors (Lipinski definition) is 2. The number of aromatic nitrogens is 2. The van der Waals surface area contributed by atoms with Crippen LogP contribution in [0.25, 0.3) is 0 Å². The Hall–Kier alpha value is -0.510. The molecule has 1 aliphatic rings. The Kier molecular flexibility index (Phi) is 2.09. The molecule has 1 fully saturated rings. The van der Waals surface area contributed by atoms with Gasteiger partial charge in [-0.05, 0) is 34.7 Å². The fourth-order valence-electron chi connectivity index (χ4n) is 1.02. The van der Waals surface area contributed by atoms with Crippen LogP contribution in [0.3, 0.4) is 0 Å². The highest BCUT2D eigenvalue weighted by Crippen LogP contribution is 2.30. The number of aryl methyl sites for hydroxylation is 1. The van der Waals surface area contributed by atoms with Gasteiger partial charge in [0.2, 0.25) is 5.88 Å². The topological polar surface area (TPSA) is 27.1 Å². The predicted molar refractivity (Wildman–Crippen MR) is 49.1 cm³/mol. The molecule has 0 aromatic carbocycles. The van der Waals surface area contributed by atoms with E-state index in [0.717, 1.165) is 17.0 Å². The Bertz CT molecular complexity index is 281. The van der Waals surface area contributed by atoms with Crippen LogP contribution < -0.4 is 4.74 Å². The van der Waals surface area contributed by atoms with Crippen LogP contribution in [0.5, 0.6) is 5.88 Å². The van der Waals surface area contributed by atoms with Gasteiger partial charge in [0.1, 0.15) is 0 Å². The smallest absolute Gasteiger partial charge is 0.247 e. The van der Waals surface area contributed by atoms with Gasteiger partial charge in [0.15, 0.2) is 0 Å². The summed E-state index contributed by atoms with van der Waals surface area (Å²) in [5.74, 6) is 1.49. The molecule has 1 heterocycles. The van der Waals surface area contributed by atoms with Crippen LogP contribution in [0.2, 0.25) is 0 Å². The number of rotatable bonds is 3. The standard InChI is InChI=1S/C8H11BrN2O/c1-11-4-7(9)8(10-11)12-5-6-2-3-6/h4,6H,2-3,5H2,1H3. The molecule has 0 N–H and O–H groups in total. The van der Waals surface area contributed by atoms with Crippen LogP contribution in [0.15, 0.2) is 10.7 Å². The lowest BCUT2D eigenvalue weighted by molar-refractivity contribution is 0.284. The Balaban J connectivity index is 1.96. The third kappa shape index (κ3) is 1.80. The highest BCUT2D eigenvalue weighted by molar-refractivity contribution is 9.10. The van der Waals surface area contributed by atoms with Crippen molar-refractivity contribution in [2.75, 3.05) is 6.61 Å². The molecule has 0 aliphatic heterocycles. The van der Waals surface area contributed by atoms with E-state index in [-0.39, 0.29) is 0 Å². The molecular weight excluding hydrogens is 220 g/mol. The van der Waals surface area contributed by atoms with Gasteiger partial charge in [0.25, 0.3) is 0 Å². The summed E-state index contributed by atoms with van der Waals surface area (Å²) in [6, 6.07) is 0. The van der Waals surface area contributed by atoms with E-state index < -0.39 is 0 Å². The summed E-state index contributed by atoms with van der Waals surface area (Å²) in [4.78, 5) is 0. The Morgan fingerprint density at radius 1 is 1.75 bits per heavy atom. The molecule has 0 unspecified atom stereocenters. The van der Waals surface area contributed by atoms with Crippen molar-refractivity contribution in [3.05, 3.63) is 10.7 Å². The van der Waals surface area contributed by atoms with Gasteiger partial charge in [0, 0.05) is 13.2 Å². The zero-order valence-electron chi connectivity index (χ0n) is 6.96. The first-order valence-electron chi connectivity index (χ1n) is 4.07. The van der Waals surface area contributed by atoms with Crippen LogP contribution in [0, 0.1) is 5.92 Å². The van der Waals surface area contributed by atoms with E-state index in [2.05, 4.69) is 21.0 Å². The molecule has 1 aliphatic carbocycles. The molecule has 12 heavy (non-hydrogen) atoms. The second-order valence-electron chi connectivity index (χ2n) is 3.21. The summed E-state index contributed by atoms with van der Waals surface area (Å²) in [6.45, 7) is 0.815. The molecule has 66 valence electrons. The van der Waals surface area contributed by atoms with Gasteiger partial charge < -0.3 is 4.74 Å². The molecule has 2 rings (SSSR count). The average Bonchev–Trinajstić information content (AvgIpc) is 2.76. The highest BCUT2D eigenvalue weighted by atomic mass is 79.9. The van der Waals surface area contributed by atoms with Gasteiger partial charge in [-0.2, -0.15) is 0 Å². The van der Waals surface area contributed by atoms with Gasteiger partial charge in [-0.25, -0.2) is 0 Å². The molecule has 3 nitrogen and oxygen atoms in total. The first-order chi connectivity index (χ1) is 5.75. The molecule has 0 spiro atoms. The normalized spacial score (nSPS) is 16.5. The van der Waals surface area contributed by atoms with E-state index in [4.69, 9.17) is 4.74 Å². The Labute approximate surface area is 79.8 Å². The quantitative estimate of drug-likeness (QED) is 0.795. The first kappa shape index (κ1) is 8.10. The van der Waals surface area contributed by atoms with Gasteiger partial charge >= 0.3 is 0 Å². The molecule has 0 radical (unpaired) electrons. The number of ether oxygens (including phenoxy) is 1. The summed E-state index contributed by atoms with van der Waals surface area (Å²) in [7, 11) is 1.88. The zero-order valence-corrected chi connectivity index (χ0v) is 8.54. The van der Waals surface area contributed by atoms with E-state index in [9.17, 15) is 0 Å². The van der Waals surface area contributed by atoms with Crippen molar-refractivity contribution in [1.29, 1.82) is 0 Å².